The van der Waals surface area contributed by atoms with Crippen molar-refractivity contribution in [1.82, 2.24) is 15.2 Å². The second-order valence-corrected chi connectivity index (χ2v) is 6.75. The highest BCUT2D eigenvalue weighted by atomic mass is 79.9. The molecule has 1 aromatic carbocycles. The van der Waals surface area contributed by atoms with Gasteiger partial charge in [-0.15, -0.1) is 5.10 Å². The van der Waals surface area contributed by atoms with Crippen LogP contribution in [0.3, 0.4) is 0 Å². The molecule has 2 aromatic rings. The Bertz CT molecular complexity index is 653. The van der Waals surface area contributed by atoms with Crippen LogP contribution in [0.15, 0.2) is 28.9 Å². The lowest BCUT2D eigenvalue weighted by molar-refractivity contribution is 0.436. The molecule has 0 bridgehead atoms. The summed E-state index contributed by atoms with van der Waals surface area (Å²) in [5.74, 6) is 2.24. The Morgan fingerprint density at radius 3 is 2.77 bits per heavy atom. The zero-order valence-corrected chi connectivity index (χ0v) is 14.5. The molecule has 0 saturated carbocycles. The van der Waals surface area contributed by atoms with Crippen LogP contribution in [0, 0.1) is 12.8 Å². The first-order valence-electron chi connectivity index (χ1n) is 7.59. The molecule has 0 amide bonds. The van der Waals surface area contributed by atoms with Gasteiger partial charge in [-0.1, -0.05) is 22.9 Å². The molecule has 2 heterocycles. The Morgan fingerprint density at radius 1 is 1.27 bits per heavy atom. The largest absolute Gasteiger partial charge is 0.355 e. The number of hydrogen-bond acceptors (Lipinski definition) is 5. The second-order valence-electron chi connectivity index (χ2n) is 5.90. The quantitative estimate of drug-likeness (QED) is 0.897. The highest BCUT2D eigenvalue weighted by Crippen LogP contribution is 2.24. The van der Waals surface area contributed by atoms with E-state index >= 15 is 0 Å². The maximum absolute atomic E-state index is 4.60. The summed E-state index contributed by atoms with van der Waals surface area (Å²) in [6, 6.07) is 6.07. The monoisotopic (exact) mass is 361 g/mol. The molecule has 0 spiro atoms. The molecule has 6 heteroatoms. The molecule has 116 valence electrons. The standard InChI is InChI=1S/C16H20BrN5/c1-11-5-7-22(8-6-11)15-10-18-21-16(20-15)19-13-3-4-14(17)12(2)9-13/h3-4,9-11H,5-8H2,1-2H3,(H,19,20,21). The lowest BCUT2D eigenvalue weighted by Crippen LogP contribution is -2.33. The van der Waals surface area contributed by atoms with Crippen molar-refractivity contribution >= 4 is 33.4 Å². The summed E-state index contributed by atoms with van der Waals surface area (Å²) in [4.78, 5) is 6.88. The Labute approximate surface area is 139 Å². The molecule has 1 aromatic heterocycles. The predicted molar refractivity (Wildman–Crippen MR) is 92.6 cm³/mol. The van der Waals surface area contributed by atoms with Crippen molar-refractivity contribution < 1.29 is 0 Å². The van der Waals surface area contributed by atoms with E-state index in [1.807, 2.05) is 12.1 Å². The van der Waals surface area contributed by atoms with E-state index in [1.165, 1.54) is 18.4 Å². The molecular formula is C16H20BrN5. The summed E-state index contributed by atoms with van der Waals surface area (Å²) in [6.07, 6.45) is 4.16. The lowest BCUT2D eigenvalue weighted by Gasteiger charge is -2.30. The van der Waals surface area contributed by atoms with Crippen LogP contribution in [0.2, 0.25) is 0 Å². The fraction of sp³-hybridized carbons (Fsp3) is 0.438. The van der Waals surface area contributed by atoms with Crippen molar-refractivity contribution in [3.63, 3.8) is 0 Å². The first-order chi connectivity index (χ1) is 10.6. The van der Waals surface area contributed by atoms with Crippen molar-refractivity contribution in [2.24, 2.45) is 5.92 Å². The summed E-state index contributed by atoms with van der Waals surface area (Å²) in [6.45, 7) is 6.44. The van der Waals surface area contributed by atoms with Gasteiger partial charge in [-0.25, -0.2) is 0 Å². The van der Waals surface area contributed by atoms with Gasteiger partial charge in [-0.2, -0.15) is 10.1 Å². The summed E-state index contributed by atoms with van der Waals surface area (Å²) < 4.78 is 1.09. The third-order valence-corrected chi connectivity index (χ3v) is 4.96. The number of anilines is 3. The average molecular weight is 362 g/mol. The van der Waals surface area contributed by atoms with Gasteiger partial charge in [0.05, 0.1) is 6.20 Å². The molecule has 1 fully saturated rings. The van der Waals surface area contributed by atoms with Crippen LogP contribution in [0.4, 0.5) is 17.5 Å². The van der Waals surface area contributed by atoms with Crippen LogP contribution >= 0.6 is 15.9 Å². The van der Waals surface area contributed by atoms with Crippen molar-refractivity contribution in [1.29, 1.82) is 0 Å². The summed E-state index contributed by atoms with van der Waals surface area (Å²) in [5, 5.41) is 11.4. The molecule has 1 N–H and O–H groups in total. The van der Waals surface area contributed by atoms with Gasteiger partial charge in [0.2, 0.25) is 5.95 Å². The van der Waals surface area contributed by atoms with E-state index in [1.54, 1.807) is 6.20 Å². The van der Waals surface area contributed by atoms with Gasteiger partial charge >= 0.3 is 0 Å². The van der Waals surface area contributed by atoms with Crippen LogP contribution in [0.1, 0.15) is 25.3 Å². The molecule has 22 heavy (non-hydrogen) atoms. The van der Waals surface area contributed by atoms with E-state index in [2.05, 4.69) is 61.2 Å². The number of hydrogen-bond donors (Lipinski definition) is 1. The van der Waals surface area contributed by atoms with E-state index < -0.39 is 0 Å². The van der Waals surface area contributed by atoms with Gasteiger partial charge in [0.15, 0.2) is 5.82 Å². The Kier molecular flexibility index (Phi) is 4.57. The number of piperidine rings is 1. The predicted octanol–water partition coefficient (Wildman–Crippen LogP) is 3.92. The molecule has 1 saturated heterocycles. The Balaban J connectivity index is 1.74. The number of nitrogens with zero attached hydrogens (tertiary/aromatic N) is 4. The smallest absolute Gasteiger partial charge is 0.249 e. The molecular weight excluding hydrogens is 342 g/mol. The minimum absolute atomic E-state index is 0.540. The summed E-state index contributed by atoms with van der Waals surface area (Å²) in [7, 11) is 0. The highest BCUT2D eigenvalue weighted by Gasteiger charge is 2.17. The van der Waals surface area contributed by atoms with E-state index in [4.69, 9.17) is 0 Å². The van der Waals surface area contributed by atoms with Crippen LogP contribution < -0.4 is 10.2 Å². The van der Waals surface area contributed by atoms with Crippen molar-refractivity contribution in [3.05, 3.63) is 34.4 Å². The van der Waals surface area contributed by atoms with Crippen LogP contribution in [0.25, 0.3) is 0 Å². The van der Waals surface area contributed by atoms with Crippen molar-refractivity contribution in [2.75, 3.05) is 23.3 Å². The van der Waals surface area contributed by atoms with Gasteiger partial charge < -0.3 is 10.2 Å². The van der Waals surface area contributed by atoms with Gasteiger partial charge in [-0.3, -0.25) is 0 Å². The van der Waals surface area contributed by atoms with Gasteiger partial charge in [0.1, 0.15) is 0 Å². The van der Waals surface area contributed by atoms with Gasteiger partial charge in [-0.05, 0) is 49.4 Å². The van der Waals surface area contributed by atoms with Crippen LogP contribution in [-0.2, 0) is 0 Å². The Morgan fingerprint density at radius 2 is 2.05 bits per heavy atom. The Hall–Kier alpha value is -1.69. The van der Waals surface area contributed by atoms with E-state index in [0.29, 0.717) is 5.95 Å². The van der Waals surface area contributed by atoms with Gasteiger partial charge in [0, 0.05) is 23.2 Å². The molecule has 1 aliphatic heterocycles. The molecule has 5 nitrogen and oxygen atoms in total. The lowest BCUT2D eigenvalue weighted by atomic mass is 9.99. The van der Waals surface area contributed by atoms with Crippen LogP contribution in [-0.4, -0.2) is 28.3 Å². The zero-order valence-electron chi connectivity index (χ0n) is 12.9. The number of rotatable bonds is 3. The number of nitrogens with one attached hydrogen (secondary N) is 1. The first-order valence-corrected chi connectivity index (χ1v) is 8.39. The molecule has 0 unspecified atom stereocenters. The fourth-order valence-corrected chi connectivity index (χ4v) is 2.84. The van der Waals surface area contributed by atoms with Gasteiger partial charge in [0.25, 0.3) is 0 Å². The molecule has 0 radical (unpaired) electrons. The number of aryl methyl sites for hydroxylation is 1. The number of aromatic nitrogens is 3. The third-order valence-electron chi connectivity index (χ3n) is 4.07. The van der Waals surface area contributed by atoms with Crippen molar-refractivity contribution in [2.45, 2.75) is 26.7 Å². The SMILES string of the molecule is Cc1cc(Nc2nncc(N3CCC(C)CC3)n2)ccc1Br. The van der Waals surface area contributed by atoms with Crippen molar-refractivity contribution in [3.8, 4) is 0 Å². The maximum Gasteiger partial charge on any atom is 0.249 e. The average Bonchev–Trinajstić information content (AvgIpc) is 2.52. The van der Waals surface area contributed by atoms with Crippen LogP contribution in [0.5, 0.6) is 0 Å². The van der Waals surface area contributed by atoms with E-state index in [9.17, 15) is 0 Å². The van der Waals surface area contributed by atoms with E-state index in [0.717, 1.165) is 35.0 Å². The minimum atomic E-state index is 0.540. The fourth-order valence-electron chi connectivity index (χ4n) is 2.59. The molecule has 1 aliphatic rings. The topological polar surface area (TPSA) is 53.9 Å². The zero-order chi connectivity index (χ0) is 15.5. The first kappa shape index (κ1) is 15.2. The highest BCUT2D eigenvalue weighted by molar-refractivity contribution is 9.10. The third kappa shape index (κ3) is 3.55. The summed E-state index contributed by atoms with van der Waals surface area (Å²) >= 11 is 3.51. The summed E-state index contributed by atoms with van der Waals surface area (Å²) in [5.41, 5.74) is 2.13. The number of benzene rings is 1. The molecule has 3 rings (SSSR count). The second kappa shape index (κ2) is 6.60. The normalized spacial score (nSPS) is 15.9. The van der Waals surface area contributed by atoms with E-state index in [-0.39, 0.29) is 0 Å². The molecule has 0 atom stereocenters. The minimum Gasteiger partial charge on any atom is -0.355 e. The number of halogens is 1. The maximum atomic E-state index is 4.60. The molecule has 0 aliphatic carbocycles.